The number of hydrogen-bond donors (Lipinski definition) is 1. The molecule has 32 heavy (non-hydrogen) atoms. The molecule has 4 aromatic rings. The number of hydrogen-bond acceptors (Lipinski definition) is 1. The summed E-state index contributed by atoms with van der Waals surface area (Å²) in [6, 6.07) is 30.4. The van der Waals surface area contributed by atoms with Crippen molar-refractivity contribution in [2.45, 2.75) is 12.6 Å². The summed E-state index contributed by atoms with van der Waals surface area (Å²) in [4.78, 5) is 15.1. The highest BCUT2D eigenvalue weighted by atomic mass is 19.1. The normalized spacial score (nSPS) is 10.7. The van der Waals surface area contributed by atoms with Crippen molar-refractivity contribution < 1.29 is 13.6 Å². The summed E-state index contributed by atoms with van der Waals surface area (Å²) in [6.45, 7) is 0.203. The first-order valence-corrected chi connectivity index (χ1v) is 10.3. The highest BCUT2D eigenvalue weighted by Gasteiger charge is 2.27. The third-order valence-electron chi connectivity index (χ3n) is 5.18. The monoisotopic (exact) mass is 428 g/mol. The molecule has 0 aliphatic rings. The fourth-order valence-corrected chi connectivity index (χ4v) is 3.64. The third kappa shape index (κ3) is 5.01. The van der Waals surface area contributed by atoms with Crippen LogP contribution < -0.4 is 5.32 Å². The lowest BCUT2D eigenvalue weighted by Gasteiger charge is -2.33. The molecule has 0 radical (unpaired) electrons. The number of urea groups is 1. The quantitative estimate of drug-likeness (QED) is 0.360. The first-order valence-electron chi connectivity index (χ1n) is 10.3. The van der Waals surface area contributed by atoms with E-state index in [1.54, 1.807) is 29.2 Å². The van der Waals surface area contributed by atoms with Gasteiger partial charge in [-0.25, -0.2) is 13.6 Å². The molecule has 160 valence electrons. The minimum absolute atomic E-state index is 0.0986. The summed E-state index contributed by atoms with van der Waals surface area (Å²) >= 11 is 0. The van der Waals surface area contributed by atoms with Crippen molar-refractivity contribution in [3.8, 4) is 0 Å². The summed E-state index contributed by atoms with van der Waals surface area (Å²) < 4.78 is 27.7. The van der Waals surface area contributed by atoms with Crippen LogP contribution in [0.2, 0.25) is 0 Å². The second-order valence-corrected chi connectivity index (χ2v) is 7.39. The smallest absolute Gasteiger partial charge is 0.309 e. The Labute approximate surface area is 185 Å². The molecule has 3 nitrogen and oxygen atoms in total. The van der Waals surface area contributed by atoms with E-state index in [4.69, 9.17) is 0 Å². The van der Waals surface area contributed by atoms with Gasteiger partial charge in [0, 0.05) is 6.54 Å². The van der Waals surface area contributed by atoms with Gasteiger partial charge in [-0.15, -0.1) is 0 Å². The van der Waals surface area contributed by atoms with Crippen LogP contribution in [0.4, 0.5) is 19.3 Å². The summed E-state index contributed by atoms with van der Waals surface area (Å²) in [6.07, 6.45) is 0. The van der Waals surface area contributed by atoms with E-state index in [9.17, 15) is 13.6 Å². The standard InChI is InChI=1S/C27H22F2N2O/c28-23-17-15-20(16-18-23)19-31(27(32)30-25-14-8-7-13-24(25)29)26(21-9-3-1-4-10-21)22-11-5-2-6-12-22/h1-18,26H,19H2,(H,30,32). The van der Waals surface area contributed by atoms with Gasteiger partial charge in [0.2, 0.25) is 0 Å². The molecular weight excluding hydrogens is 406 g/mol. The Morgan fingerprint density at radius 1 is 0.719 bits per heavy atom. The maximum absolute atomic E-state index is 14.3. The Balaban J connectivity index is 1.77. The SMILES string of the molecule is O=C(Nc1ccccc1F)N(Cc1ccc(F)cc1)C(c1ccccc1)c1ccccc1. The Kier molecular flexibility index (Phi) is 6.56. The summed E-state index contributed by atoms with van der Waals surface area (Å²) in [5.74, 6) is -0.864. The number of amides is 2. The molecule has 0 aromatic heterocycles. The number of nitrogens with one attached hydrogen (secondary N) is 1. The van der Waals surface area contributed by atoms with Crippen LogP contribution in [0.3, 0.4) is 0 Å². The molecule has 0 saturated heterocycles. The molecule has 5 heteroatoms. The number of para-hydroxylation sites is 1. The van der Waals surface area contributed by atoms with Crippen molar-refractivity contribution in [3.63, 3.8) is 0 Å². The maximum Gasteiger partial charge on any atom is 0.323 e. The number of anilines is 1. The lowest BCUT2D eigenvalue weighted by Crippen LogP contribution is -2.38. The van der Waals surface area contributed by atoms with Crippen LogP contribution in [0.25, 0.3) is 0 Å². The molecule has 2 amide bonds. The zero-order chi connectivity index (χ0) is 22.3. The topological polar surface area (TPSA) is 32.3 Å². The van der Waals surface area contributed by atoms with Crippen molar-refractivity contribution in [2.75, 3.05) is 5.32 Å². The van der Waals surface area contributed by atoms with Gasteiger partial charge in [-0.05, 0) is 41.0 Å². The minimum atomic E-state index is -0.515. The van der Waals surface area contributed by atoms with Crippen molar-refractivity contribution >= 4 is 11.7 Å². The molecule has 0 atom stereocenters. The van der Waals surface area contributed by atoms with E-state index in [1.165, 1.54) is 24.3 Å². The van der Waals surface area contributed by atoms with E-state index in [0.717, 1.165) is 16.7 Å². The molecule has 4 aromatic carbocycles. The predicted molar refractivity (Wildman–Crippen MR) is 122 cm³/mol. The van der Waals surface area contributed by atoms with Crippen LogP contribution in [-0.4, -0.2) is 10.9 Å². The second-order valence-electron chi connectivity index (χ2n) is 7.39. The second kappa shape index (κ2) is 9.88. The van der Waals surface area contributed by atoms with Crippen molar-refractivity contribution in [1.82, 2.24) is 4.90 Å². The van der Waals surface area contributed by atoms with Crippen LogP contribution in [-0.2, 0) is 6.54 Å². The molecule has 0 bridgehead atoms. The average Bonchev–Trinajstić information content (AvgIpc) is 2.83. The third-order valence-corrected chi connectivity index (χ3v) is 5.18. The lowest BCUT2D eigenvalue weighted by atomic mass is 9.96. The Morgan fingerprint density at radius 2 is 1.25 bits per heavy atom. The zero-order valence-electron chi connectivity index (χ0n) is 17.3. The summed E-state index contributed by atoms with van der Waals surface area (Å²) in [7, 11) is 0. The van der Waals surface area contributed by atoms with Gasteiger partial charge in [0.15, 0.2) is 0 Å². The lowest BCUT2D eigenvalue weighted by molar-refractivity contribution is 0.194. The molecule has 1 N–H and O–H groups in total. The minimum Gasteiger partial charge on any atom is -0.309 e. The Morgan fingerprint density at radius 3 is 1.81 bits per heavy atom. The number of carbonyl (C=O) groups is 1. The van der Waals surface area contributed by atoms with E-state index < -0.39 is 17.9 Å². The molecule has 0 saturated carbocycles. The summed E-state index contributed by atoms with van der Waals surface area (Å²) in [5, 5.41) is 2.70. The van der Waals surface area contributed by atoms with E-state index in [2.05, 4.69) is 5.32 Å². The number of nitrogens with zero attached hydrogens (tertiary/aromatic N) is 1. The molecule has 0 aliphatic carbocycles. The van der Waals surface area contributed by atoms with Crippen LogP contribution >= 0.6 is 0 Å². The number of rotatable bonds is 6. The van der Waals surface area contributed by atoms with Gasteiger partial charge in [-0.2, -0.15) is 0 Å². The molecule has 0 fully saturated rings. The fourth-order valence-electron chi connectivity index (χ4n) is 3.64. The first kappa shape index (κ1) is 21.2. The molecule has 0 heterocycles. The van der Waals surface area contributed by atoms with E-state index in [0.29, 0.717) is 0 Å². The van der Waals surface area contributed by atoms with Crippen LogP contribution in [0.1, 0.15) is 22.7 Å². The largest absolute Gasteiger partial charge is 0.323 e. The average molecular weight is 428 g/mol. The van der Waals surface area contributed by atoms with Crippen molar-refractivity contribution in [1.29, 1.82) is 0 Å². The van der Waals surface area contributed by atoms with Gasteiger partial charge in [-0.3, -0.25) is 0 Å². The highest BCUT2D eigenvalue weighted by molar-refractivity contribution is 5.90. The summed E-state index contributed by atoms with van der Waals surface area (Å²) in [5.41, 5.74) is 2.67. The van der Waals surface area contributed by atoms with Gasteiger partial charge in [0.1, 0.15) is 11.6 Å². The Bertz CT molecular complexity index is 1130. The molecule has 0 aliphatic heterocycles. The van der Waals surface area contributed by atoms with Gasteiger partial charge < -0.3 is 10.2 Å². The highest BCUT2D eigenvalue weighted by Crippen LogP contribution is 2.31. The van der Waals surface area contributed by atoms with Gasteiger partial charge in [0.25, 0.3) is 0 Å². The van der Waals surface area contributed by atoms with E-state index >= 15 is 0 Å². The first-order chi connectivity index (χ1) is 15.6. The fraction of sp³-hybridized carbons (Fsp3) is 0.0741. The van der Waals surface area contributed by atoms with Crippen molar-refractivity contribution in [3.05, 3.63) is 138 Å². The van der Waals surface area contributed by atoms with E-state index in [-0.39, 0.29) is 18.0 Å². The molecule has 0 unspecified atom stereocenters. The van der Waals surface area contributed by atoms with Crippen LogP contribution in [0.5, 0.6) is 0 Å². The van der Waals surface area contributed by atoms with Gasteiger partial charge in [-0.1, -0.05) is 84.9 Å². The number of halogens is 2. The van der Waals surface area contributed by atoms with Crippen LogP contribution in [0.15, 0.2) is 109 Å². The van der Waals surface area contributed by atoms with Gasteiger partial charge in [0.05, 0.1) is 11.7 Å². The number of carbonyl (C=O) groups excluding carboxylic acids is 1. The zero-order valence-corrected chi connectivity index (χ0v) is 17.3. The number of benzene rings is 4. The molecule has 0 spiro atoms. The molecular formula is C27H22F2N2O. The van der Waals surface area contributed by atoms with Crippen LogP contribution in [0, 0.1) is 11.6 Å². The van der Waals surface area contributed by atoms with Crippen molar-refractivity contribution in [2.24, 2.45) is 0 Å². The Hall–Kier alpha value is -3.99. The molecule has 4 rings (SSSR count). The van der Waals surface area contributed by atoms with E-state index in [1.807, 2.05) is 60.7 Å². The maximum atomic E-state index is 14.3. The predicted octanol–water partition coefficient (Wildman–Crippen LogP) is 6.79. The van der Waals surface area contributed by atoms with Gasteiger partial charge >= 0.3 is 6.03 Å².